The van der Waals surface area contributed by atoms with Gasteiger partial charge in [-0.2, -0.15) is 0 Å². The molecule has 0 bridgehead atoms. The van der Waals surface area contributed by atoms with Crippen molar-refractivity contribution in [1.29, 1.82) is 0 Å². The van der Waals surface area contributed by atoms with Gasteiger partial charge in [-0.15, -0.1) is 11.3 Å². The van der Waals surface area contributed by atoms with Gasteiger partial charge in [0.05, 0.1) is 16.4 Å². The van der Waals surface area contributed by atoms with Crippen LogP contribution >= 0.6 is 22.9 Å². The number of halogens is 1. The molecule has 27 heavy (non-hydrogen) atoms. The number of carbonyl (C=O) groups is 2. The normalized spacial score (nSPS) is 14.4. The van der Waals surface area contributed by atoms with E-state index in [0.29, 0.717) is 42.0 Å². The summed E-state index contributed by atoms with van der Waals surface area (Å²) >= 11 is 7.32. The fourth-order valence-corrected chi connectivity index (χ4v) is 3.87. The van der Waals surface area contributed by atoms with Crippen LogP contribution in [0.15, 0.2) is 42.7 Å². The Balaban J connectivity index is 1.38. The Hall–Kier alpha value is -2.71. The van der Waals surface area contributed by atoms with Crippen LogP contribution in [0.25, 0.3) is 10.2 Å². The molecule has 1 aromatic carbocycles. The second-order valence-electron chi connectivity index (χ2n) is 5.97. The molecular formula is C18H15ClN4O3S. The predicted molar refractivity (Wildman–Crippen MR) is 102 cm³/mol. The summed E-state index contributed by atoms with van der Waals surface area (Å²) in [5.74, 6) is 0.266. The van der Waals surface area contributed by atoms with Crippen molar-refractivity contribution < 1.29 is 14.3 Å². The van der Waals surface area contributed by atoms with Gasteiger partial charge in [-0.3, -0.25) is 9.78 Å². The average molecular weight is 403 g/mol. The fourth-order valence-electron chi connectivity index (χ4n) is 2.79. The quantitative estimate of drug-likeness (QED) is 0.657. The number of hydrogen-bond acceptors (Lipinski definition) is 6. The minimum atomic E-state index is -0.440. The first kappa shape index (κ1) is 17.7. The van der Waals surface area contributed by atoms with Crippen molar-refractivity contribution >= 4 is 45.2 Å². The zero-order chi connectivity index (χ0) is 18.8. The summed E-state index contributed by atoms with van der Waals surface area (Å²) in [6.07, 6.45) is 2.65. The van der Waals surface area contributed by atoms with Crippen molar-refractivity contribution in [2.75, 3.05) is 26.2 Å². The Morgan fingerprint density at radius 2 is 1.89 bits per heavy atom. The molecule has 2 aromatic heterocycles. The van der Waals surface area contributed by atoms with Crippen LogP contribution in [0.5, 0.6) is 5.75 Å². The van der Waals surface area contributed by atoms with E-state index in [4.69, 9.17) is 16.3 Å². The molecule has 0 spiro atoms. The highest BCUT2D eigenvalue weighted by Gasteiger charge is 2.27. The molecule has 0 N–H and O–H groups in total. The van der Waals surface area contributed by atoms with Crippen LogP contribution in [0.3, 0.4) is 0 Å². The van der Waals surface area contributed by atoms with Gasteiger partial charge in [0.1, 0.15) is 0 Å². The lowest BCUT2D eigenvalue weighted by molar-refractivity contribution is 0.0633. The smallest absolute Gasteiger partial charge is 0.409 e. The lowest BCUT2D eigenvalue weighted by Crippen LogP contribution is -2.51. The molecule has 138 valence electrons. The molecule has 1 fully saturated rings. The molecule has 2 amide bonds. The van der Waals surface area contributed by atoms with Crippen molar-refractivity contribution in [3.8, 4) is 5.75 Å². The van der Waals surface area contributed by atoms with Crippen LogP contribution in [0.2, 0.25) is 5.02 Å². The summed E-state index contributed by atoms with van der Waals surface area (Å²) in [7, 11) is 0. The number of hydrogen-bond donors (Lipinski definition) is 0. The van der Waals surface area contributed by atoms with Crippen LogP contribution in [0, 0.1) is 0 Å². The van der Waals surface area contributed by atoms with E-state index in [0.717, 1.165) is 10.2 Å². The van der Waals surface area contributed by atoms with E-state index in [1.807, 2.05) is 6.07 Å². The molecule has 1 aliphatic heterocycles. The van der Waals surface area contributed by atoms with Crippen LogP contribution in [0.1, 0.15) is 9.80 Å². The number of carbonyl (C=O) groups excluding carboxylic acids is 2. The van der Waals surface area contributed by atoms with E-state index in [2.05, 4.69) is 9.97 Å². The van der Waals surface area contributed by atoms with Crippen LogP contribution in [-0.4, -0.2) is 57.9 Å². The maximum atomic E-state index is 12.7. The Kier molecular flexibility index (Phi) is 4.91. The summed E-state index contributed by atoms with van der Waals surface area (Å²) in [4.78, 5) is 36.5. The van der Waals surface area contributed by atoms with Crippen molar-refractivity contribution in [3.63, 3.8) is 0 Å². The number of thiazole rings is 1. The molecule has 0 unspecified atom stereocenters. The lowest BCUT2D eigenvalue weighted by atomic mass is 10.3. The van der Waals surface area contributed by atoms with Gasteiger partial charge in [-0.1, -0.05) is 11.6 Å². The first-order chi connectivity index (χ1) is 13.1. The zero-order valence-corrected chi connectivity index (χ0v) is 15.7. The summed E-state index contributed by atoms with van der Waals surface area (Å²) in [5, 5.41) is 1.02. The molecule has 0 saturated carbocycles. The maximum Gasteiger partial charge on any atom is 0.415 e. The predicted octanol–water partition coefficient (Wildman–Crippen LogP) is 3.30. The number of nitrogens with zero attached hydrogens (tertiary/aromatic N) is 4. The van der Waals surface area contributed by atoms with Crippen LogP contribution < -0.4 is 4.74 Å². The average Bonchev–Trinajstić information content (AvgIpc) is 3.11. The number of benzene rings is 1. The summed E-state index contributed by atoms with van der Waals surface area (Å²) < 4.78 is 6.20. The minimum absolute atomic E-state index is 0.132. The largest absolute Gasteiger partial charge is 0.415 e. The molecule has 1 aliphatic rings. The monoisotopic (exact) mass is 402 g/mol. The summed E-state index contributed by atoms with van der Waals surface area (Å²) in [6.45, 7) is 1.67. The maximum absolute atomic E-state index is 12.7. The number of fused-ring (bicyclic) bond motifs is 1. The van der Waals surface area contributed by atoms with Gasteiger partial charge in [0.15, 0.2) is 10.8 Å². The number of aromatic nitrogens is 2. The van der Waals surface area contributed by atoms with Crippen molar-refractivity contribution in [1.82, 2.24) is 19.8 Å². The summed E-state index contributed by atoms with van der Waals surface area (Å²) in [5.41, 5.74) is 0.717. The number of pyridine rings is 1. The van der Waals surface area contributed by atoms with E-state index in [-0.39, 0.29) is 5.91 Å². The highest BCUT2D eigenvalue weighted by molar-refractivity contribution is 7.20. The molecule has 0 aliphatic carbocycles. The molecule has 4 rings (SSSR count). The number of amides is 2. The van der Waals surface area contributed by atoms with E-state index in [1.165, 1.54) is 17.5 Å². The Morgan fingerprint density at radius 3 is 2.63 bits per heavy atom. The summed E-state index contributed by atoms with van der Waals surface area (Å²) in [6, 6.07) is 8.76. The molecule has 3 aromatic rings. The third-order valence-corrected chi connectivity index (χ3v) is 5.46. The standard InChI is InChI=1S/C18H15ClN4O3S/c19-12-3-4-15-14(10-12)21-16(27-15)17(24)22-6-8-23(9-7-22)18(25)26-13-2-1-5-20-11-13/h1-5,10-11H,6-9H2. The van der Waals surface area contributed by atoms with E-state index < -0.39 is 6.09 Å². The van der Waals surface area contributed by atoms with Gasteiger partial charge >= 0.3 is 6.09 Å². The first-order valence-corrected chi connectivity index (χ1v) is 9.52. The molecule has 0 radical (unpaired) electrons. The first-order valence-electron chi connectivity index (χ1n) is 8.32. The number of piperazine rings is 1. The molecular weight excluding hydrogens is 388 g/mol. The van der Waals surface area contributed by atoms with Crippen LogP contribution in [0.4, 0.5) is 4.79 Å². The SMILES string of the molecule is O=C(Oc1cccnc1)N1CCN(C(=O)c2nc3cc(Cl)ccc3s2)CC1. The zero-order valence-electron chi connectivity index (χ0n) is 14.2. The lowest BCUT2D eigenvalue weighted by Gasteiger charge is -2.33. The molecule has 7 nitrogen and oxygen atoms in total. The Labute approximate surface area is 164 Å². The van der Waals surface area contributed by atoms with Gasteiger partial charge in [-0.05, 0) is 30.3 Å². The Morgan fingerprint density at radius 1 is 1.11 bits per heavy atom. The van der Waals surface area contributed by atoms with Gasteiger partial charge in [0.2, 0.25) is 0 Å². The minimum Gasteiger partial charge on any atom is -0.409 e. The van der Waals surface area contributed by atoms with Crippen molar-refractivity contribution in [2.45, 2.75) is 0 Å². The molecule has 3 heterocycles. The number of ether oxygens (including phenoxy) is 1. The van der Waals surface area contributed by atoms with Crippen LogP contribution in [-0.2, 0) is 0 Å². The molecule has 9 heteroatoms. The third kappa shape index (κ3) is 3.86. The second kappa shape index (κ2) is 7.50. The Bertz CT molecular complexity index is 987. The van der Waals surface area contributed by atoms with E-state index >= 15 is 0 Å². The highest BCUT2D eigenvalue weighted by Crippen LogP contribution is 2.26. The van der Waals surface area contributed by atoms with E-state index in [9.17, 15) is 9.59 Å². The fraction of sp³-hybridized carbons (Fsp3) is 0.222. The van der Waals surface area contributed by atoms with Gasteiger partial charge in [-0.25, -0.2) is 9.78 Å². The topological polar surface area (TPSA) is 75.6 Å². The van der Waals surface area contributed by atoms with E-state index in [1.54, 1.807) is 40.3 Å². The molecule has 1 saturated heterocycles. The van der Waals surface area contributed by atoms with Gasteiger partial charge in [0, 0.05) is 37.4 Å². The molecule has 0 atom stereocenters. The van der Waals surface area contributed by atoms with Gasteiger partial charge < -0.3 is 14.5 Å². The van der Waals surface area contributed by atoms with Gasteiger partial charge in [0.25, 0.3) is 5.91 Å². The second-order valence-corrected chi connectivity index (χ2v) is 7.43. The third-order valence-electron chi connectivity index (χ3n) is 4.20. The van der Waals surface area contributed by atoms with Crippen molar-refractivity contribution in [2.24, 2.45) is 0 Å². The van der Waals surface area contributed by atoms with Crippen molar-refractivity contribution in [3.05, 3.63) is 52.8 Å². The highest BCUT2D eigenvalue weighted by atomic mass is 35.5. The number of rotatable bonds is 2.